The van der Waals surface area contributed by atoms with Gasteiger partial charge in [0, 0.05) is 16.2 Å². The topological polar surface area (TPSA) is 63.8 Å². The molecule has 0 amide bonds. The van der Waals surface area contributed by atoms with Crippen molar-refractivity contribution in [2.24, 2.45) is 5.73 Å². The van der Waals surface area contributed by atoms with Crippen LogP contribution in [0.2, 0.25) is 0 Å². The van der Waals surface area contributed by atoms with Crippen molar-refractivity contribution in [3.05, 3.63) is 50.9 Å². The number of aromatic nitrogens is 2. The SMILES string of the molecule is NCCc1c[nH]n(-c2cccc(Br)c2)c1=O. The Hall–Kier alpha value is -1.33. The van der Waals surface area contributed by atoms with Crippen molar-refractivity contribution in [3.8, 4) is 5.69 Å². The molecule has 0 atom stereocenters. The summed E-state index contributed by atoms with van der Waals surface area (Å²) < 4.78 is 2.45. The zero-order valence-corrected chi connectivity index (χ0v) is 10.2. The number of aromatic amines is 1. The maximum atomic E-state index is 11.9. The number of rotatable bonds is 3. The zero-order valence-electron chi connectivity index (χ0n) is 8.61. The van der Waals surface area contributed by atoms with Gasteiger partial charge in [-0.05, 0) is 31.2 Å². The fourth-order valence-electron chi connectivity index (χ4n) is 1.55. The minimum Gasteiger partial charge on any atom is -0.330 e. The van der Waals surface area contributed by atoms with Gasteiger partial charge in [-0.15, -0.1) is 0 Å². The van der Waals surface area contributed by atoms with E-state index in [9.17, 15) is 4.79 Å². The Balaban J connectivity index is 2.45. The lowest BCUT2D eigenvalue weighted by atomic mass is 10.2. The van der Waals surface area contributed by atoms with Crippen molar-refractivity contribution in [1.29, 1.82) is 0 Å². The van der Waals surface area contributed by atoms with Crippen molar-refractivity contribution < 1.29 is 0 Å². The zero-order chi connectivity index (χ0) is 11.5. The standard InChI is InChI=1S/C11H12BrN3O/c12-9-2-1-3-10(6-9)15-11(16)8(4-5-13)7-14-15/h1-3,6-7,14H,4-5,13H2. The third kappa shape index (κ3) is 2.10. The third-order valence-electron chi connectivity index (χ3n) is 2.33. The Bertz CT molecular complexity index is 544. The van der Waals surface area contributed by atoms with E-state index in [0.29, 0.717) is 18.5 Å². The van der Waals surface area contributed by atoms with Gasteiger partial charge in [0.15, 0.2) is 0 Å². The largest absolute Gasteiger partial charge is 0.330 e. The summed E-state index contributed by atoms with van der Waals surface area (Å²) in [5, 5.41) is 2.93. The Labute approximate surface area is 101 Å². The molecular weight excluding hydrogens is 270 g/mol. The first-order chi connectivity index (χ1) is 7.72. The van der Waals surface area contributed by atoms with Gasteiger partial charge in [-0.1, -0.05) is 22.0 Å². The van der Waals surface area contributed by atoms with Crippen LogP contribution in [0, 0.1) is 0 Å². The van der Waals surface area contributed by atoms with E-state index in [2.05, 4.69) is 21.0 Å². The molecule has 4 nitrogen and oxygen atoms in total. The molecule has 1 aromatic carbocycles. The average Bonchev–Trinajstić information content (AvgIpc) is 2.61. The van der Waals surface area contributed by atoms with Crippen LogP contribution in [0.25, 0.3) is 5.69 Å². The highest BCUT2D eigenvalue weighted by molar-refractivity contribution is 9.10. The number of nitrogens with zero attached hydrogens (tertiary/aromatic N) is 1. The monoisotopic (exact) mass is 281 g/mol. The molecule has 0 radical (unpaired) electrons. The Kier molecular flexibility index (Phi) is 3.26. The fraction of sp³-hybridized carbons (Fsp3) is 0.182. The molecule has 5 heteroatoms. The molecule has 2 rings (SSSR count). The van der Waals surface area contributed by atoms with Gasteiger partial charge in [0.1, 0.15) is 0 Å². The normalized spacial score (nSPS) is 10.6. The number of nitrogens with one attached hydrogen (secondary N) is 1. The van der Waals surface area contributed by atoms with Crippen LogP contribution < -0.4 is 11.3 Å². The van der Waals surface area contributed by atoms with Crippen LogP contribution in [0.3, 0.4) is 0 Å². The molecular formula is C11H12BrN3O. The molecule has 2 aromatic rings. The van der Waals surface area contributed by atoms with Gasteiger partial charge in [-0.2, -0.15) is 0 Å². The molecule has 16 heavy (non-hydrogen) atoms. The van der Waals surface area contributed by atoms with E-state index in [-0.39, 0.29) is 5.56 Å². The van der Waals surface area contributed by atoms with Crippen molar-refractivity contribution in [1.82, 2.24) is 9.78 Å². The number of benzene rings is 1. The van der Waals surface area contributed by atoms with Gasteiger partial charge < -0.3 is 5.73 Å². The van der Waals surface area contributed by atoms with E-state index in [1.165, 1.54) is 4.68 Å². The van der Waals surface area contributed by atoms with Crippen LogP contribution in [0.15, 0.2) is 39.7 Å². The van der Waals surface area contributed by atoms with Crippen LogP contribution in [-0.4, -0.2) is 16.3 Å². The second-order valence-corrected chi connectivity index (χ2v) is 4.37. The van der Waals surface area contributed by atoms with Gasteiger partial charge in [-0.3, -0.25) is 9.89 Å². The molecule has 0 aliphatic heterocycles. The molecule has 0 aliphatic carbocycles. The highest BCUT2D eigenvalue weighted by atomic mass is 79.9. The van der Waals surface area contributed by atoms with E-state index in [0.717, 1.165) is 10.2 Å². The number of hydrogen-bond donors (Lipinski definition) is 2. The summed E-state index contributed by atoms with van der Waals surface area (Å²) in [4.78, 5) is 11.9. The third-order valence-corrected chi connectivity index (χ3v) is 2.82. The van der Waals surface area contributed by atoms with E-state index in [1.54, 1.807) is 6.20 Å². The predicted octanol–water partition coefficient (Wildman–Crippen LogP) is 1.43. The summed E-state index contributed by atoms with van der Waals surface area (Å²) in [7, 11) is 0. The first-order valence-electron chi connectivity index (χ1n) is 4.97. The molecule has 1 heterocycles. The van der Waals surface area contributed by atoms with Crippen LogP contribution in [0.5, 0.6) is 0 Å². The maximum absolute atomic E-state index is 11.9. The Morgan fingerprint density at radius 2 is 2.25 bits per heavy atom. The summed E-state index contributed by atoms with van der Waals surface area (Å²) in [5.41, 5.74) is 6.91. The van der Waals surface area contributed by atoms with Crippen molar-refractivity contribution in [2.75, 3.05) is 6.54 Å². The molecule has 0 fully saturated rings. The van der Waals surface area contributed by atoms with Gasteiger partial charge in [-0.25, -0.2) is 4.68 Å². The second-order valence-electron chi connectivity index (χ2n) is 3.46. The first kappa shape index (κ1) is 11.2. The molecule has 0 spiro atoms. The van der Waals surface area contributed by atoms with Crippen LogP contribution in [0.1, 0.15) is 5.56 Å². The van der Waals surface area contributed by atoms with Crippen LogP contribution in [-0.2, 0) is 6.42 Å². The molecule has 0 unspecified atom stereocenters. The lowest BCUT2D eigenvalue weighted by Gasteiger charge is -2.01. The van der Waals surface area contributed by atoms with E-state index in [1.807, 2.05) is 24.3 Å². The fourth-order valence-corrected chi connectivity index (χ4v) is 1.94. The second kappa shape index (κ2) is 4.67. The van der Waals surface area contributed by atoms with Crippen molar-refractivity contribution in [2.45, 2.75) is 6.42 Å². The number of hydrogen-bond acceptors (Lipinski definition) is 2. The summed E-state index contributed by atoms with van der Waals surface area (Å²) >= 11 is 3.37. The van der Waals surface area contributed by atoms with Crippen LogP contribution in [0.4, 0.5) is 0 Å². The quantitative estimate of drug-likeness (QED) is 0.894. The van der Waals surface area contributed by atoms with Crippen molar-refractivity contribution in [3.63, 3.8) is 0 Å². The Morgan fingerprint density at radius 1 is 1.44 bits per heavy atom. The van der Waals surface area contributed by atoms with Gasteiger partial charge >= 0.3 is 0 Å². The summed E-state index contributed by atoms with van der Waals surface area (Å²) in [6.07, 6.45) is 2.30. The summed E-state index contributed by atoms with van der Waals surface area (Å²) in [6, 6.07) is 7.55. The predicted molar refractivity (Wildman–Crippen MR) is 66.8 cm³/mol. The molecule has 0 saturated heterocycles. The number of halogens is 1. The summed E-state index contributed by atoms with van der Waals surface area (Å²) in [5.74, 6) is 0. The van der Waals surface area contributed by atoms with Gasteiger partial charge in [0.25, 0.3) is 5.56 Å². The smallest absolute Gasteiger partial charge is 0.274 e. The minimum absolute atomic E-state index is 0.0384. The molecule has 0 aliphatic rings. The molecule has 0 saturated carbocycles. The lowest BCUT2D eigenvalue weighted by Crippen LogP contribution is -2.19. The molecule has 0 bridgehead atoms. The Morgan fingerprint density at radius 3 is 2.94 bits per heavy atom. The highest BCUT2D eigenvalue weighted by Crippen LogP contribution is 2.13. The van der Waals surface area contributed by atoms with E-state index >= 15 is 0 Å². The first-order valence-corrected chi connectivity index (χ1v) is 5.77. The highest BCUT2D eigenvalue weighted by Gasteiger charge is 2.06. The molecule has 84 valence electrons. The van der Waals surface area contributed by atoms with Crippen LogP contribution >= 0.6 is 15.9 Å². The maximum Gasteiger partial charge on any atom is 0.274 e. The van der Waals surface area contributed by atoms with Gasteiger partial charge in [0.2, 0.25) is 0 Å². The lowest BCUT2D eigenvalue weighted by molar-refractivity contribution is 0.843. The van der Waals surface area contributed by atoms with E-state index < -0.39 is 0 Å². The molecule has 3 N–H and O–H groups in total. The number of H-pyrrole nitrogens is 1. The van der Waals surface area contributed by atoms with Gasteiger partial charge in [0.05, 0.1) is 5.69 Å². The average molecular weight is 282 g/mol. The summed E-state index contributed by atoms with van der Waals surface area (Å²) in [6.45, 7) is 0.478. The van der Waals surface area contributed by atoms with Crippen molar-refractivity contribution >= 4 is 15.9 Å². The molecule has 1 aromatic heterocycles. The minimum atomic E-state index is -0.0384. The number of nitrogens with two attached hydrogens (primary N) is 1. The van der Waals surface area contributed by atoms with E-state index in [4.69, 9.17) is 5.73 Å².